The van der Waals surface area contributed by atoms with Gasteiger partial charge in [-0.2, -0.15) is 4.39 Å². The first-order valence-corrected chi connectivity index (χ1v) is 4.96. The van der Waals surface area contributed by atoms with Gasteiger partial charge in [-0.1, -0.05) is 5.92 Å². The second kappa shape index (κ2) is 5.26. The highest BCUT2D eigenvalue weighted by Gasteiger charge is 2.06. The highest BCUT2D eigenvalue weighted by molar-refractivity contribution is 5.63. The molecule has 0 fully saturated rings. The third kappa shape index (κ3) is 2.80. The highest BCUT2D eigenvalue weighted by atomic mass is 19.1. The standard InChI is InChI=1S/C12H14FN3/c1-5-10-7-11(9(3)15-12(10)13)14-8-16(4)6-2/h1,7-8H,6H2,2-4H3. The van der Waals surface area contributed by atoms with E-state index in [1.807, 2.05) is 18.9 Å². The van der Waals surface area contributed by atoms with Gasteiger partial charge in [-0.25, -0.2) is 9.98 Å². The maximum absolute atomic E-state index is 13.2. The number of nitrogens with zero attached hydrogens (tertiary/aromatic N) is 3. The minimum atomic E-state index is -0.622. The van der Waals surface area contributed by atoms with Crippen molar-refractivity contribution in [1.82, 2.24) is 9.88 Å². The van der Waals surface area contributed by atoms with Crippen LogP contribution in [-0.4, -0.2) is 29.8 Å². The quantitative estimate of drug-likeness (QED) is 0.337. The fourth-order valence-corrected chi connectivity index (χ4v) is 1.04. The lowest BCUT2D eigenvalue weighted by Gasteiger charge is -2.08. The first-order chi connectivity index (χ1) is 7.58. The average molecular weight is 219 g/mol. The number of aliphatic imine (C=N–C) groups is 1. The minimum absolute atomic E-state index is 0.136. The summed E-state index contributed by atoms with van der Waals surface area (Å²) in [7, 11) is 1.90. The molecule has 3 nitrogen and oxygen atoms in total. The van der Waals surface area contributed by atoms with Gasteiger partial charge in [0.25, 0.3) is 0 Å². The summed E-state index contributed by atoms with van der Waals surface area (Å²) in [6.07, 6.45) is 6.83. The number of halogens is 1. The van der Waals surface area contributed by atoms with Crippen LogP contribution < -0.4 is 0 Å². The Kier molecular flexibility index (Phi) is 4.01. The monoisotopic (exact) mass is 219 g/mol. The molecule has 0 aromatic carbocycles. The van der Waals surface area contributed by atoms with E-state index in [-0.39, 0.29) is 5.56 Å². The lowest BCUT2D eigenvalue weighted by atomic mass is 10.2. The summed E-state index contributed by atoms with van der Waals surface area (Å²) in [6.45, 7) is 4.55. The molecule has 0 aliphatic rings. The Balaban J connectivity index is 3.06. The average Bonchev–Trinajstić information content (AvgIpc) is 2.27. The van der Waals surface area contributed by atoms with Crippen LogP contribution in [0.4, 0.5) is 10.1 Å². The van der Waals surface area contributed by atoms with Crippen LogP contribution in [0.15, 0.2) is 11.1 Å². The molecule has 0 radical (unpaired) electrons. The van der Waals surface area contributed by atoms with E-state index in [2.05, 4.69) is 15.9 Å². The van der Waals surface area contributed by atoms with Gasteiger partial charge >= 0.3 is 0 Å². The predicted octanol–water partition coefficient (Wildman–Crippen LogP) is 2.12. The van der Waals surface area contributed by atoms with Crippen molar-refractivity contribution in [2.75, 3.05) is 13.6 Å². The smallest absolute Gasteiger partial charge is 0.228 e. The SMILES string of the molecule is C#Cc1cc(N=CN(C)CC)c(C)nc1F. The van der Waals surface area contributed by atoms with E-state index in [0.717, 1.165) is 6.54 Å². The lowest BCUT2D eigenvalue weighted by molar-refractivity contribution is 0.551. The molecule has 16 heavy (non-hydrogen) atoms. The summed E-state index contributed by atoms with van der Waals surface area (Å²) in [5.74, 6) is 1.62. The Morgan fingerprint density at radius 3 is 2.94 bits per heavy atom. The van der Waals surface area contributed by atoms with E-state index < -0.39 is 5.95 Å². The molecule has 0 N–H and O–H groups in total. The Morgan fingerprint density at radius 2 is 2.38 bits per heavy atom. The van der Waals surface area contributed by atoms with Crippen molar-refractivity contribution in [2.45, 2.75) is 13.8 Å². The summed E-state index contributed by atoms with van der Waals surface area (Å²) in [6, 6.07) is 1.53. The van der Waals surface area contributed by atoms with Gasteiger partial charge in [-0.05, 0) is 19.9 Å². The molecular weight excluding hydrogens is 205 g/mol. The first kappa shape index (κ1) is 12.2. The third-order valence-corrected chi connectivity index (χ3v) is 2.19. The zero-order valence-electron chi connectivity index (χ0n) is 9.66. The van der Waals surface area contributed by atoms with Crippen LogP contribution in [0.1, 0.15) is 18.2 Å². The van der Waals surface area contributed by atoms with E-state index in [9.17, 15) is 4.39 Å². The highest BCUT2D eigenvalue weighted by Crippen LogP contribution is 2.19. The number of rotatable bonds is 3. The largest absolute Gasteiger partial charge is 0.366 e. The zero-order valence-corrected chi connectivity index (χ0v) is 9.66. The molecule has 1 heterocycles. The van der Waals surface area contributed by atoms with Crippen molar-refractivity contribution in [3.8, 4) is 12.3 Å². The molecule has 84 valence electrons. The molecular formula is C12H14FN3. The Morgan fingerprint density at radius 1 is 1.69 bits per heavy atom. The van der Waals surface area contributed by atoms with E-state index in [1.54, 1.807) is 13.3 Å². The van der Waals surface area contributed by atoms with E-state index in [0.29, 0.717) is 11.4 Å². The van der Waals surface area contributed by atoms with Crippen LogP contribution in [0.25, 0.3) is 0 Å². The summed E-state index contributed by atoms with van der Waals surface area (Å²) < 4.78 is 13.2. The molecule has 0 unspecified atom stereocenters. The van der Waals surface area contributed by atoms with Crippen molar-refractivity contribution in [3.63, 3.8) is 0 Å². The second-order valence-corrected chi connectivity index (χ2v) is 3.39. The number of hydrogen-bond acceptors (Lipinski definition) is 2. The molecule has 1 aromatic heterocycles. The van der Waals surface area contributed by atoms with Gasteiger partial charge < -0.3 is 4.90 Å². The Hall–Kier alpha value is -1.89. The van der Waals surface area contributed by atoms with Crippen LogP contribution in [-0.2, 0) is 0 Å². The lowest BCUT2D eigenvalue weighted by Crippen LogP contribution is -2.14. The molecule has 0 bridgehead atoms. The van der Waals surface area contributed by atoms with Gasteiger partial charge in [0.1, 0.15) is 0 Å². The van der Waals surface area contributed by atoms with Gasteiger partial charge in [0, 0.05) is 13.6 Å². The van der Waals surface area contributed by atoms with Gasteiger partial charge in [0.15, 0.2) is 0 Å². The van der Waals surface area contributed by atoms with E-state index in [1.165, 1.54) is 6.07 Å². The van der Waals surface area contributed by atoms with Gasteiger partial charge in [-0.3, -0.25) is 0 Å². The van der Waals surface area contributed by atoms with Crippen LogP contribution in [0, 0.1) is 25.2 Å². The molecule has 0 amide bonds. The molecule has 1 rings (SSSR count). The predicted molar refractivity (Wildman–Crippen MR) is 63.3 cm³/mol. The summed E-state index contributed by atoms with van der Waals surface area (Å²) >= 11 is 0. The maximum Gasteiger partial charge on any atom is 0.228 e. The summed E-state index contributed by atoms with van der Waals surface area (Å²) in [5.41, 5.74) is 1.25. The van der Waals surface area contributed by atoms with Gasteiger partial charge in [0.05, 0.1) is 23.3 Å². The van der Waals surface area contributed by atoms with Crippen molar-refractivity contribution < 1.29 is 4.39 Å². The molecule has 1 aromatic rings. The fourth-order valence-electron chi connectivity index (χ4n) is 1.04. The van der Waals surface area contributed by atoms with E-state index in [4.69, 9.17) is 6.42 Å². The van der Waals surface area contributed by atoms with E-state index >= 15 is 0 Å². The summed E-state index contributed by atoms with van der Waals surface area (Å²) in [5, 5.41) is 0. The molecule has 0 aliphatic heterocycles. The number of pyridine rings is 1. The molecule has 0 atom stereocenters. The van der Waals surface area contributed by atoms with Crippen LogP contribution >= 0.6 is 0 Å². The van der Waals surface area contributed by atoms with Gasteiger partial charge in [-0.15, -0.1) is 6.42 Å². The molecule has 0 saturated heterocycles. The maximum atomic E-state index is 13.2. The van der Waals surface area contributed by atoms with Crippen LogP contribution in [0.2, 0.25) is 0 Å². The van der Waals surface area contributed by atoms with Crippen molar-refractivity contribution in [1.29, 1.82) is 0 Å². The van der Waals surface area contributed by atoms with Crippen LogP contribution in [0.5, 0.6) is 0 Å². The topological polar surface area (TPSA) is 28.5 Å². The molecule has 0 spiro atoms. The number of aryl methyl sites for hydroxylation is 1. The second-order valence-electron chi connectivity index (χ2n) is 3.39. The molecule has 0 saturated carbocycles. The van der Waals surface area contributed by atoms with Crippen molar-refractivity contribution in [3.05, 3.63) is 23.3 Å². The minimum Gasteiger partial charge on any atom is -0.366 e. The normalized spacial score (nSPS) is 10.4. The summed E-state index contributed by atoms with van der Waals surface area (Å²) in [4.78, 5) is 9.81. The zero-order chi connectivity index (χ0) is 12.1. The number of hydrogen-bond donors (Lipinski definition) is 0. The fraction of sp³-hybridized carbons (Fsp3) is 0.333. The van der Waals surface area contributed by atoms with Crippen molar-refractivity contribution in [2.24, 2.45) is 4.99 Å². The van der Waals surface area contributed by atoms with Crippen LogP contribution in [0.3, 0.4) is 0 Å². The number of terminal acetylenes is 1. The first-order valence-electron chi connectivity index (χ1n) is 4.96. The molecule has 0 aliphatic carbocycles. The van der Waals surface area contributed by atoms with Crippen molar-refractivity contribution >= 4 is 12.0 Å². The van der Waals surface area contributed by atoms with Gasteiger partial charge in [0.2, 0.25) is 5.95 Å². The molecule has 4 heteroatoms. The Bertz CT molecular complexity index is 446. The third-order valence-electron chi connectivity index (χ3n) is 2.19. The number of aromatic nitrogens is 1. The Labute approximate surface area is 95.0 Å².